The monoisotopic (exact) mass is 241 g/mol. The lowest BCUT2D eigenvalue weighted by molar-refractivity contribution is -0.128. The number of carbonyl (C=O) groups is 1. The maximum atomic E-state index is 11.9. The molecule has 2 aliphatic rings. The van der Waals surface area contributed by atoms with Crippen LogP contribution in [-0.4, -0.2) is 36.9 Å². The third kappa shape index (κ3) is 3.96. The van der Waals surface area contributed by atoms with E-state index in [1.54, 1.807) is 0 Å². The molecule has 0 radical (unpaired) electrons. The average Bonchev–Trinajstić information content (AvgIpc) is 2.37. The minimum Gasteiger partial charge on any atom is -0.393 e. The lowest BCUT2D eigenvalue weighted by atomic mass is 9.87. The number of hydrogen-bond donors (Lipinski definition) is 2. The molecule has 0 bridgehead atoms. The Kier molecular flexibility index (Phi) is 4.80. The van der Waals surface area contributed by atoms with Crippen LogP contribution in [-0.2, 0) is 9.53 Å². The third-order valence-electron chi connectivity index (χ3n) is 3.91. The van der Waals surface area contributed by atoms with Crippen molar-refractivity contribution >= 4 is 5.91 Å². The van der Waals surface area contributed by atoms with Gasteiger partial charge in [0.05, 0.1) is 6.10 Å². The zero-order chi connectivity index (χ0) is 12.1. The van der Waals surface area contributed by atoms with Crippen LogP contribution in [0.5, 0.6) is 0 Å². The first kappa shape index (κ1) is 12.8. The van der Waals surface area contributed by atoms with Gasteiger partial charge in [0, 0.05) is 25.7 Å². The van der Waals surface area contributed by atoms with E-state index in [0.717, 1.165) is 45.1 Å². The summed E-state index contributed by atoms with van der Waals surface area (Å²) in [6.07, 6.45) is 5.51. The summed E-state index contributed by atoms with van der Waals surface area (Å²) in [5, 5.41) is 12.6. The van der Waals surface area contributed by atoms with Crippen LogP contribution in [0.1, 0.15) is 38.5 Å². The molecule has 4 heteroatoms. The minimum absolute atomic E-state index is 0.136. The molecule has 1 saturated heterocycles. The van der Waals surface area contributed by atoms with Gasteiger partial charge in [0.25, 0.3) is 0 Å². The second kappa shape index (κ2) is 6.36. The second-order valence-electron chi connectivity index (χ2n) is 5.32. The molecule has 0 aromatic rings. The van der Waals surface area contributed by atoms with Crippen molar-refractivity contribution in [1.82, 2.24) is 5.32 Å². The smallest absolute Gasteiger partial charge is 0.223 e. The molecule has 2 fully saturated rings. The van der Waals surface area contributed by atoms with Crippen LogP contribution in [0.15, 0.2) is 0 Å². The van der Waals surface area contributed by atoms with Crippen molar-refractivity contribution < 1.29 is 14.6 Å². The van der Waals surface area contributed by atoms with Crippen LogP contribution in [0.2, 0.25) is 0 Å². The van der Waals surface area contributed by atoms with Crippen molar-refractivity contribution in [2.24, 2.45) is 11.8 Å². The van der Waals surface area contributed by atoms with Crippen molar-refractivity contribution in [2.75, 3.05) is 19.8 Å². The summed E-state index contributed by atoms with van der Waals surface area (Å²) in [5.41, 5.74) is 0. The molecule has 17 heavy (non-hydrogen) atoms. The predicted molar refractivity (Wildman–Crippen MR) is 64.5 cm³/mol. The highest BCUT2D eigenvalue weighted by atomic mass is 16.5. The van der Waals surface area contributed by atoms with E-state index in [0.29, 0.717) is 19.1 Å². The van der Waals surface area contributed by atoms with Gasteiger partial charge >= 0.3 is 0 Å². The van der Waals surface area contributed by atoms with Crippen molar-refractivity contribution in [3.63, 3.8) is 0 Å². The Labute approximate surface area is 103 Å². The van der Waals surface area contributed by atoms with Gasteiger partial charge in [-0.25, -0.2) is 0 Å². The van der Waals surface area contributed by atoms with Crippen LogP contribution in [0.4, 0.5) is 0 Å². The predicted octanol–water partition coefficient (Wildman–Crippen LogP) is 1.08. The Morgan fingerprint density at radius 1 is 1.24 bits per heavy atom. The molecule has 0 spiro atoms. The lowest BCUT2D eigenvalue weighted by Crippen LogP contribution is -2.38. The zero-order valence-electron chi connectivity index (χ0n) is 10.4. The molecule has 2 N–H and O–H groups in total. The van der Waals surface area contributed by atoms with Gasteiger partial charge < -0.3 is 15.2 Å². The minimum atomic E-state index is -0.159. The number of aliphatic hydroxyl groups excluding tert-OH is 1. The van der Waals surface area contributed by atoms with E-state index in [1.807, 2.05) is 0 Å². The topological polar surface area (TPSA) is 58.6 Å². The molecular weight excluding hydrogens is 218 g/mol. The molecule has 2 atom stereocenters. The largest absolute Gasteiger partial charge is 0.393 e. The number of amides is 1. The van der Waals surface area contributed by atoms with Crippen LogP contribution < -0.4 is 5.32 Å². The number of aliphatic hydroxyl groups is 1. The molecule has 1 aliphatic carbocycles. The summed E-state index contributed by atoms with van der Waals surface area (Å²) in [6, 6.07) is 0. The fraction of sp³-hybridized carbons (Fsp3) is 0.923. The summed E-state index contributed by atoms with van der Waals surface area (Å²) in [5.74, 6) is 0.771. The molecule has 1 amide bonds. The first-order chi connectivity index (χ1) is 8.25. The standard InChI is InChI=1S/C13H23NO3/c15-12-3-1-2-10(8-12)9-14-13(16)11-4-6-17-7-5-11/h10-12,15H,1-9H2,(H,14,16). The molecule has 1 aliphatic heterocycles. The summed E-state index contributed by atoms with van der Waals surface area (Å²) in [7, 11) is 0. The van der Waals surface area contributed by atoms with E-state index in [2.05, 4.69) is 5.32 Å². The van der Waals surface area contributed by atoms with Gasteiger partial charge in [-0.15, -0.1) is 0 Å². The van der Waals surface area contributed by atoms with E-state index in [1.165, 1.54) is 0 Å². The molecule has 2 rings (SSSR count). The molecule has 1 saturated carbocycles. The Balaban J connectivity index is 1.68. The number of nitrogens with one attached hydrogen (secondary N) is 1. The second-order valence-corrected chi connectivity index (χ2v) is 5.32. The van der Waals surface area contributed by atoms with E-state index >= 15 is 0 Å². The van der Waals surface area contributed by atoms with Crippen LogP contribution in [0, 0.1) is 11.8 Å². The fourth-order valence-corrected chi connectivity index (χ4v) is 2.80. The molecule has 1 heterocycles. The van der Waals surface area contributed by atoms with Crippen molar-refractivity contribution in [1.29, 1.82) is 0 Å². The average molecular weight is 241 g/mol. The highest BCUT2D eigenvalue weighted by Crippen LogP contribution is 2.23. The fourth-order valence-electron chi connectivity index (χ4n) is 2.80. The van der Waals surface area contributed by atoms with Crippen molar-refractivity contribution in [3.8, 4) is 0 Å². The van der Waals surface area contributed by atoms with Gasteiger partial charge in [0.1, 0.15) is 0 Å². The maximum absolute atomic E-state index is 11.9. The first-order valence-corrected chi connectivity index (χ1v) is 6.79. The van der Waals surface area contributed by atoms with Gasteiger partial charge in [-0.05, 0) is 38.0 Å². The van der Waals surface area contributed by atoms with Gasteiger partial charge in [-0.2, -0.15) is 0 Å². The number of rotatable bonds is 3. The number of hydrogen-bond acceptors (Lipinski definition) is 3. The molecule has 98 valence electrons. The number of ether oxygens (including phenoxy) is 1. The molecule has 4 nitrogen and oxygen atoms in total. The molecule has 2 unspecified atom stereocenters. The van der Waals surface area contributed by atoms with E-state index in [9.17, 15) is 9.90 Å². The van der Waals surface area contributed by atoms with Gasteiger partial charge in [-0.1, -0.05) is 6.42 Å². The van der Waals surface area contributed by atoms with E-state index in [-0.39, 0.29) is 17.9 Å². The number of carbonyl (C=O) groups excluding carboxylic acids is 1. The van der Waals surface area contributed by atoms with Gasteiger partial charge in [0.2, 0.25) is 5.91 Å². The summed E-state index contributed by atoms with van der Waals surface area (Å²) >= 11 is 0. The highest BCUT2D eigenvalue weighted by molar-refractivity contribution is 5.78. The summed E-state index contributed by atoms with van der Waals surface area (Å²) in [4.78, 5) is 11.9. The third-order valence-corrected chi connectivity index (χ3v) is 3.91. The lowest BCUT2D eigenvalue weighted by Gasteiger charge is -2.27. The molecule has 0 aromatic carbocycles. The summed E-state index contributed by atoms with van der Waals surface area (Å²) in [6.45, 7) is 2.15. The Bertz CT molecular complexity index is 251. The van der Waals surface area contributed by atoms with E-state index < -0.39 is 0 Å². The SMILES string of the molecule is O=C(NCC1CCCC(O)C1)C1CCOCC1. The molecule has 0 aromatic heterocycles. The van der Waals surface area contributed by atoms with Crippen LogP contribution >= 0.6 is 0 Å². The highest BCUT2D eigenvalue weighted by Gasteiger charge is 2.24. The summed E-state index contributed by atoms with van der Waals surface area (Å²) < 4.78 is 5.25. The van der Waals surface area contributed by atoms with E-state index in [4.69, 9.17) is 4.74 Å². The van der Waals surface area contributed by atoms with Gasteiger partial charge in [-0.3, -0.25) is 4.79 Å². The Hall–Kier alpha value is -0.610. The van der Waals surface area contributed by atoms with Crippen molar-refractivity contribution in [2.45, 2.75) is 44.6 Å². The van der Waals surface area contributed by atoms with Crippen LogP contribution in [0.3, 0.4) is 0 Å². The van der Waals surface area contributed by atoms with Crippen molar-refractivity contribution in [3.05, 3.63) is 0 Å². The first-order valence-electron chi connectivity index (χ1n) is 6.79. The van der Waals surface area contributed by atoms with Gasteiger partial charge in [0.15, 0.2) is 0 Å². The Morgan fingerprint density at radius 2 is 2.00 bits per heavy atom. The quantitative estimate of drug-likeness (QED) is 0.777. The zero-order valence-corrected chi connectivity index (χ0v) is 10.4. The maximum Gasteiger partial charge on any atom is 0.223 e. The normalized spacial score (nSPS) is 31.1. The van der Waals surface area contributed by atoms with Crippen LogP contribution in [0.25, 0.3) is 0 Å². The molecular formula is C13H23NO3. The Morgan fingerprint density at radius 3 is 2.71 bits per heavy atom.